The summed E-state index contributed by atoms with van der Waals surface area (Å²) in [5.74, 6) is 0.434. The average Bonchev–Trinajstić information content (AvgIpc) is 3.12. The fourth-order valence-corrected chi connectivity index (χ4v) is 3.19. The van der Waals surface area contributed by atoms with Crippen molar-refractivity contribution in [3.63, 3.8) is 0 Å². The molecule has 0 saturated carbocycles. The minimum atomic E-state index is -0.316. The van der Waals surface area contributed by atoms with Gasteiger partial charge in [0, 0.05) is 28.7 Å². The number of nitrogens with one attached hydrogen (secondary N) is 3. The summed E-state index contributed by atoms with van der Waals surface area (Å²) >= 11 is 11.4. The van der Waals surface area contributed by atoms with Crippen LogP contribution in [0, 0.1) is 6.92 Å². The summed E-state index contributed by atoms with van der Waals surface area (Å²) in [6.07, 6.45) is 3.08. The molecule has 0 aliphatic carbocycles. The maximum absolute atomic E-state index is 12.1. The van der Waals surface area contributed by atoms with Crippen molar-refractivity contribution in [3.8, 4) is 11.4 Å². The summed E-state index contributed by atoms with van der Waals surface area (Å²) in [6, 6.07) is 14.8. The number of hydrogen-bond acceptors (Lipinski definition) is 4. The fraction of sp³-hybridized carbons (Fsp3) is 0.0476. The molecular weight excluding hydrogens is 406 g/mol. The second-order valence-electron chi connectivity index (χ2n) is 6.43. The zero-order chi connectivity index (χ0) is 20.4. The molecule has 29 heavy (non-hydrogen) atoms. The lowest BCUT2D eigenvalue weighted by molar-refractivity contribution is 0.0977. The number of thiocarbonyl (C=S) groups is 1. The Kier molecular flexibility index (Phi) is 5.24. The summed E-state index contributed by atoms with van der Waals surface area (Å²) in [5.41, 5.74) is 4.86. The van der Waals surface area contributed by atoms with E-state index in [0.717, 1.165) is 33.7 Å². The molecule has 8 heteroatoms. The molecular formula is C21H16ClN5OS. The van der Waals surface area contributed by atoms with Gasteiger partial charge in [0.25, 0.3) is 5.91 Å². The zero-order valence-corrected chi connectivity index (χ0v) is 16.9. The third-order valence-electron chi connectivity index (χ3n) is 4.33. The van der Waals surface area contributed by atoms with Gasteiger partial charge in [0.1, 0.15) is 5.82 Å². The van der Waals surface area contributed by atoms with Crippen LogP contribution in [0.1, 0.15) is 15.9 Å². The molecule has 4 rings (SSSR count). The van der Waals surface area contributed by atoms with E-state index in [2.05, 4.69) is 25.6 Å². The molecule has 0 fully saturated rings. The number of carbonyl (C=O) groups excluding carboxylic acids is 1. The number of carbonyl (C=O) groups is 1. The number of aryl methyl sites for hydroxylation is 1. The molecule has 144 valence electrons. The zero-order valence-electron chi connectivity index (χ0n) is 15.4. The van der Waals surface area contributed by atoms with Crippen molar-refractivity contribution < 1.29 is 4.79 Å². The lowest BCUT2D eigenvalue weighted by Crippen LogP contribution is -2.34. The Balaban J connectivity index is 1.45. The van der Waals surface area contributed by atoms with E-state index in [9.17, 15) is 4.79 Å². The monoisotopic (exact) mass is 421 g/mol. The number of anilines is 1. The van der Waals surface area contributed by atoms with Gasteiger partial charge in [-0.05, 0) is 73.2 Å². The fourth-order valence-electron chi connectivity index (χ4n) is 2.82. The quantitative estimate of drug-likeness (QED) is 0.417. The van der Waals surface area contributed by atoms with E-state index in [-0.39, 0.29) is 11.0 Å². The SMILES string of the molecule is Cc1cc2[nH]c(-c3ccc(NC(=S)NC(=O)c4cccnc4)cc3)nc2cc1Cl. The Morgan fingerprint density at radius 3 is 2.69 bits per heavy atom. The molecule has 0 radical (unpaired) electrons. The molecule has 3 N–H and O–H groups in total. The number of hydrogen-bond donors (Lipinski definition) is 3. The second kappa shape index (κ2) is 7.98. The number of rotatable bonds is 3. The highest BCUT2D eigenvalue weighted by Gasteiger charge is 2.10. The van der Waals surface area contributed by atoms with Crippen molar-refractivity contribution in [3.05, 3.63) is 77.1 Å². The van der Waals surface area contributed by atoms with Crippen LogP contribution in [0.15, 0.2) is 60.9 Å². The van der Waals surface area contributed by atoms with Gasteiger partial charge in [0.15, 0.2) is 5.11 Å². The van der Waals surface area contributed by atoms with Crippen LogP contribution < -0.4 is 10.6 Å². The summed E-state index contributed by atoms with van der Waals surface area (Å²) < 4.78 is 0. The molecule has 0 spiro atoms. The van der Waals surface area contributed by atoms with Crippen molar-refractivity contribution in [2.75, 3.05) is 5.32 Å². The minimum absolute atomic E-state index is 0.209. The van der Waals surface area contributed by atoms with Crippen molar-refractivity contribution >= 4 is 51.6 Å². The molecule has 0 aliphatic rings. The number of amides is 1. The first-order valence-corrected chi connectivity index (χ1v) is 9.57. The van der Waals surface area contributed by atoms with E-state index in [1.54, 1.807) is 18.3 Å². The highest BCUT2D eigenvalue weighted by Crippen LogP contribution is 2.26. The molecule has 0 atom stereocenters. The number of pyridine rings is 1. The summed E-state index contributed by atoms with van der Waals surface area (Å²) in [4.78, 5) is 23.9. The van der Waals surface area contributed by atoms with E-state index in [0.29, 0.717) is 10.6 Å². The second-order valence-corrected chi connectivity index (χ2v) is 7.25. The molecule has 2 aromatic carbocycles. The van der Waals surface area contributed by atoms with Crippen LogP contribution >= 0.6 is 23.8 Å². The predicted octanol–water partition coefficient (Wildman–Crippen LogP) is 4.71. The molecule has 2 aromatic heterocycles. The van der Waals surface area contributed by atoms with E-state index in [4.69, 9.17) is 23.8 Å². The molecule has 0 saturated heterocycles. The lowest BCUT2D eigenvalue weighted by atomic mass is 10.2. The van der Waals surface area contributed by atoms with Gasteiger partial charge >= 0.3 is 0 Å². The first-order chi connectivity index (χ1) is 14.0. The predicted molar refractivity (Wildman–Crippen MR) is 119 cm³/mol. The molecule has 0 bridgehead atoms. The highest BCUT2D eigenvalue weighted by molar-refractivity contribution is 7.80. The Labute approximate surface area is 177 Å². The van der Waals surface area contributed by atoms with Crippen molar-refractivity contribution in [2.45, 2.75) is 6.92 Å². The van der Waals surface area contributed by atoms with Crippen LogP contribution in [-0.2, 0) is 0 Å². The van der Waals surface area contributed by atoms with Crippen LogP contribution in [0.25, 0.3) is 22.4 Å². The first-order valence-electron chi connectivity index (χ1n) is 8.78. The average molecular weight is 422 g/mol. The van der Waals surface area contributed by atoms with Crippen LogP contribution in [0.5, 0.6) is 0 Å². The number of imidazole rings is 1. The molecule has 2 heterocycles. The summed E-state index contributed by atoms with van der Waals surface area (Å²) in [7, 11) is 0. The van der Waals surface area contributed by atoms with E-state index in [1.165, 1.54) is 6.20 Å². The summed E-state index contributed by atoms with van der Waals surface area (Å²) in [5, 5.41) is 6.52. The van der Waals surface area contributed by atoms with Gasteiger partial charge in [0.2, 0.25) is 0 Å². The smallest absolute Gasteiger partial charge is 0.258 e. The number of fused-ring (bicyclic) bond motifs is 1. The van der Waals surface area contributed by atoms with Gasteiger partial charge in [-0.1, -0.05) is 11.6 Å². The normalized spacial score (nSPS) is 10.7. The van der Waals surface area contributed by atoms with Gasteiger partial charge in [-0.15, -0.1) is 0 Å². The number of halogens is 1. The largest absolute Gasteiger partial charge is 0.338 e. The van der Waals surface area contributed by atoms with E-state index >= 15 is 0 Å². The molecule has 0 aliphatic heterocycles. The minimum Gasteiger partial charge on any atom is -0.338 e. The topological polar surface area (TPSA) is 82.7 Å². The third kappa shape index (κ3) is 4.26. The molecule has 6 nitrogen and oxygen atoms in total. The Morgan fingerprint density at radius 2 is 1.97 bits per heavy atom. The molecule has 1 amide bonds. The Bertz CT molecular complexity index is 1170. The number of H-pyrrole nitrogens is 1. The maximum atomic E-state index is 12.1. The van der Waals surface area contributed by atoms with Crippen LogP contribution in [0.3, 0.4) is 0 Å². The van der Waals surface area contributed by atoms with Crippen LogP contribution in [0.4, 0.5) is 5.69 Å². The van der Waals surface area contributed by atoms with E-state index < -0.39 is 0 Å². The van der Waals surface area contributed by atoms with Gasteiger partial charge in [0.05, 0.1) is 16.6 Å². The van der Waals surface area contributed by atoms with Gasteiger partial charge in [-0.25, -0.2) is 4.98 Å². The van der Waals surface area contributed by atoms with Crippen molar-refractivity contribution in [1.82, 2.24) is 20.3 Å². The first kappa shape index (κ1) is 19.0. The molecule has 0 unspecified atom stereocenters. The number of nitrogens with zero attached hydrogens (tertiary/aromatic N) is 2. The van der Waals surface area contributed by atoms with Crippen molar-refractivity contribution in [1.29, 1.82) is 0 Å². The Morgan fingerprint density at radius 1 is 1.17 bits per heavy atom. The number of aromatic amines is 1. The van der Waals surface area contributed by atoms with Gasteiger partial charge in [-0.2, -0.15) is 0 Å². The van der Waals surface area contributed by atoms with Crippen LogP contribution in [-0.4, -0.2) is 26.0 Å². The Hall–Kier alpha value is -3.29. The van der Waals surface area contributed by atoms with Crippen LogP contribution in [0.2, 0.25) is 5.02 Å². The summed E-state index contributed by atoms with van der Waals surface area (Å²) in [6.45, 7) is 1.96. The lowest BCUT2D eigenvalue weighted by Gasteiger charge is -2.09. The highest BCUT2D eigenvalue weighted by atomic mass is 35.5. The standard InChI is InChI=1S/C21H16ClN5OS/c1-12-9-17-18(10-16(12)22)26-19(25-17)13-4-6-15(7-5-13)24-21(29)27-20(28)14-3-2-8-23-11-14/h2-11H,1H3,(H,25,26)(H2,24,27,28,29). The third-order valence-corrected chi connectivity index (χ3v) is 4.94. The number of aromatic nitrogens is 3. The number of benzene rings is 2. The van der Waals surface area contributed by atoms with E-state index in [1.807, 2.05) is 43.3 Å². The van der Waals surface area contributed by atoms with Gasteiger partial charge < -0.3 is 10.3 Å². The van der Waals surface area contributed by atoms with Crippen molar-refractivity contribution in [2.24, 2.45) is 0 Å². The molecule has 4 aromatic rings. The van der Waals surface area contributed by atoms with Gasteiger partial charge in [-0.3, -0.25) is 15.1 Å². The maximum Gasteiger partial charge on any atom is 0.258 e.